The third-order valence-corrected chi connectivity index (χ3v) is 3.64. The smallest absolute Gasteiger partial charge is 0.324 e. The Labute approximate surface area is 94.4 Å². The molecule has 1 saturated heterocycles. The van der Waals surface area contributed by atoms with Crippen molar-refractivity contribution in [2.24, 2.45) is 0 Å². The van der Waals surface area contributed by atoms with Gasteiger partial charge in [0, 0.05) is 19.0 Å². The molecule has 2 fully saturated rings. The monoisotopic (exact) mass is 223 g/mol. The van der Waals surface area contributed by atoms with E-state index in [2.05, 4.69) is 15.0 Å². The molecule has 1 aliphatic carbocycles. The molecule has 0 atom stereocenters. The molecule has 0 radical (unpaired) electrons. The summed E-state index contributed by atoms with van der Waals surface area (Å²) >= 11 is 0. The first-order chi connectivity index (χ1) is 7.83. The largest absolute Gasteiger partial charge is 0.393 e. The zero-order chi connectivity index (χ0) is 11.0. The molecule has 2 aliphatic rings. The van der Waals surface area contributed by atoms with Crippen LogP contribution in [0.4, 0.5) is 6.01 Å². The third kappa shape index (κ3) is 1.80. The van der Waals surface area contributed by atoms with E-state index in [9.17, 15) is 5.11 Å². The number of nitrogens with zero attached hydrogens (tertiary/aromatic N) is 3. The van der Waals surface area contributed by atoms with Gasteiger partial charge < -0.3 is 14.5 Å². The van der Waals surface area contributed by atoms with Crippen molar-refractivity contribution in [3.05, 3.63) is 5.82 Å². The molecule has 1 N–H and O–H groups in total. The molecule has 16 heavy (non-hydrogen) atoms. The molecule has 1 aromatic rings. The van der Waals surface area contributed by atoms with Crippen molar-refractivity contribution in [2.45, 2.75) is 44.1 Å². The first kappa shape index (κ1) is 10.1. The Hall–Kier alpha value is -1.10. The van der Waals surface area contributed by atoms with Gasteiger partial charge in [0.15, 0.2) is 5.82 Å². The first-order valence-electron chi connectivity index (χ1n) is 6.09. The molecule has 0 bridgehead atoms. The predicted molar refractivity (Wildman–Crippen MR) is 58.3 cm³/mol. The summed E-state index contributed by atoms with van der Waals surface area (Å²) in [5.74, 6) is 1.39. The topological polar surface area (TPSA) is 62.4 Å². The molecule has 5 nitrogen and oxygen atoms in total. The molecule has 0 amide bonds. The van der Waals surface area contributed by atoms with Crippen molar-refractivity contribution in [3.63, 3.8) is 0 Å². The number of hydrogen-bond acceptors (Lipinski definition) is 5. The molecule has 0 aromatic carbocycles. The lowest BCUT2D eigenvalue weighted by Gasteiger charge is -2.27. The Bertz CT molecular complexity index is 354. The van der Waals surface area contributed by atoms with Gasteiger partial charge in [0.2, 0.25) is 0 Å². The highest BCUT2D eigenvalue weighted by molar-refractivity contribution is 5.26. The quantitative estimate of drug-likeness (QED) is 0.818. The van der Waals surface area contributed by atoms with E-state index in [0.29, 0.717) is 11.9 Å². The average molecular weight is 223 g/mol. The molecule has 1 aromatic heterocycles. The van der Waals surface area contributed by atoms with Crippen LogP contribution in [0.1, 0.15) is 43.8 Å². The van der Waals surface area contributed by atoms with Gasteiger partial charge in [-0.05, 0) is 25.7 Å². The van der Waals surface area contributed by atoms with Crippen molar-refractivity contribution >= 4 is 6.01 Å². The highest BCUT2D eigenvalue weighted by Crippen LogP contribution is 2.35. The fourth-order valence-electron chi connectivity index (χ4n) is 2.24. The number of piperidine rings is 1. The van der Waals surface area contributed by atoms with Crippen molar-refractivity contribution in [2.75, 3.05) is 18.0 Å². The lowest BCUT2D eigenvalue weighted by molar-refractivity contribution is 0.143. The number of aliphatic hydroxyl groups is 1. The van der Waals surface area contributed by atoms with Crippen LogP contribution in [0.15, 0.2) is 4.52 Å². The summed E-state index contributed by atoms with van der Waals surface area (Å²) in [4.78, 5) is 6.52. The van der Waals surface area contributed by atoms with E-state index >= 15 is 0 Å². The lowest BCUT2D eigenvalue weighted by Crippen LogP contribution is -2.36. The maximum Gasteiger partial charge on any atom is 0.324 e. The minimum absolute atomic E-state index is 0.162. The second-order valence-corrected chi connectivity index (χ2v) is 4.78. The van der Waals surface area contributed by atoms with Crippen LogP contribution in [0.25, 0.3) is 0 Å². The highest BCUT2D eigenvalue weighted by atomic mass is 16.5. The number of anilines is 1. The molecular formula is C11H17N3O2. The highest BCUT2D eigenvalue weighted by Gasteiger charge is 2.27. The van der Waals surface area contributed by atoms with Gasteiger partial charge in [-0.25, -0.2) is 0 Å². The van der Waals surface area contributed by atoms with Crippen LogP contribution in [-0.2, 0) is 0 Å². The minimum Gasteiger partial charge on any atom is -0.393 e. The van der Waals surface area contributed by atoms with Gasteiger partial charge in [-0.15, -0.1) is 0 Å². The average Bonchev–Trinajstić information content (AvgIpc) is 2.65. The van der Waals surface area contributed by atoms with Crippen LogP contribution in [0.5, 0.6) is 0 Å². The second-order valence-electron chi connectivity index (χ2n) is 4.78. The second kappa shape index (κ2) is 4.05. The van der Waals surface area contributed by atoms with Crippen LogP contribution >= 0.6 is 0 Å². The fraction of sp³-hybridized carbons (Fsp3) is 0.818. The fourth-order valence-corrected chi connectivity index (χ4v) is 2.24. The van der Waals surface area contributed by atoms with Crippen molar-refractivity contribution in [1.29, 1.82) is 0 Å². The standard InChI is InChI=1S/C11H17N3O2/c15-9-4-6-14(7-5-9)11-12-10(13-16-11)8-2-1-3-8/h8-9,15H,1-7H2. The predicted octanol–water partition coefficient (Wildman–Crippen LogP) is 1.30. The van der Waals surface area contributed by atoms with Gasteiger partial charge in [0.05, 0.1) is 6.10 Å². The molecular weight excluding hydrogens is 206 g/mol. The Morgan fingerprint density at radius 1 is 1.19 bits per heavy atom. The van der Waals surface area contributed by atoms with Crippen LogP contribution in [-0.4, -0.2) is 34.4 Å². The van der Waals surface area contributed by atoms with Crippen LogP contribution in [0.2, 0.25) is 0 Å². The first-order valence-corrected chi connectivity index (χ1v) is 6.09. The van der Waals surface area contributed by atoms with E-state index in [-0.39, 0.29) is 6.10 Å². The summed E-state index contributed by atoms with van der Waals surface area (Å²) in [5.41, 5.74) is 0. The molecule has 3 rings (SSSR count). The molecule has 0 unspecified atom stereocenters. The van der Waals surface area contributed by atoms with Gasteiger partial charge in [-0.3, -0.25) is 0 Å². The van der Waals surface area contributed by atoms with E-state index in [4.69, 9.17) is 4.52 Å². The Balaban J connectivity index is 1.67. The summed E-state index contributed by atoms with van der Waals surface area (Å²) in [6.45, 7) is 1.63. The van der Waals surface area contributed by atoms with E-state index in [1.807, 2.05) is 0 Å². The SMILES string of the molecule is OC1CCN(c2nc(C3CCC3)no2)CC1. The lowest BCUT2D eigenvalue weighted by atomic mass is 9.85. The summed E-state index contributed by atoms with van der Waals surface area (Å²) < 4.78 is 5.28. The number of aliphatic hydroxyl groups excluding tert-OH is 1. The Morgan fingerprint density at radius 2 is 1.94 bits per heavy atom. The number of aromatic nitrogens is 2. The molecule has 2 heterocycles. The molecule has 1 aliphatic heterocycles. The minimum atomic E-state index is -0.162. The van der Waals surface area contributed by atoms with Crippen molar-refractivity contribution in [3.8, 4) is 0 Å². The maximum absolute atomic E-state index is 9.42. The van der Waals surface area contributed by atoms with Crippen LogP contribution in [0.3, 0.4) is 0 Å². The molecule has 88 valence electrons. The van der Waals surface area contributed by atoms with Gasteiger partial charge in [-0.1, -0.05) is 11.6 Å². The number of hydrogen-bond donors (Lipinski definition) is 1. The zero-order valence-corrected chi connectivity index (χ0v) is 9.30. The van der Waals surface area contributed by atoms with Gasteiger partial charge >= 0.3 is 6.01 Å². The summed E-state index contributed by atoms with van der Waals surface area (Å²) in [6.07, 6.45) is 5.09. The molecule has 5 heteroatoms. The summed E-state index contributed by atoms with van der Waals surface area (Å²) in [5, 5.41) is 13.5. The maximum atomic E-state index is 9.42. The van der Waals surface area contributed by atoms with Crippen molar-refractivity contribution < 1.29 is 9.63 Å². The summed E-state index contributed by atoms with van der Waals surface area (Å²) in [7, 11) is 0. The Kier molecular flexibility index (Phi) is 2.55. The zero-order valence-electron chi connectivity index (χ0n) is 9.30. The van der Waals surface area contributed by atoms with Gasteiger partial charge in [-0.2, -0.15) is 4.98 Å². The van der Waals surface area contributed by atoms with Gasteiger partial charge in [0.25, 0.3) is 0 Å². The molecule has 1 saturated carbocycles. The van der Waals surface area contributed by atoms with Gasteiger partial charge in [0.1, 0.15) is 0 Å². The van der Waals surface area contributed by atoms with E-state index in [1.165, 1.54) is 19.3 Å². The molecule has 0 spiro atoms. The van der Waals surface area contributed by atoms with E-state index in [0.717, 1.165) is 31.8 Å². The van der Waals surface area contributed by atoms with E-state index in [1.54, 1.807) is 0 Å². The van der Waals surface area contributed by atoms with Crippen LogP contribution < -0.4 is 4.90 Å². The van der Waals surface area contributed by atoms with Crippen LogP contribution in [0, 0.1) is 0 Å². The summed E-state index contributed by atoms with van der Waals surface area (Å²) in [6, 6.07) is 0.633. The number of rotatable bonds is 2. The Morgan fingerprint density at radius 3 is 2.56 bits per heavy atom. The van der Waals surface area contributed by atoms with E-state index < -0.39 is 0 Å². The normalized spacial score (nSPS) is 23.4. The third-order valence-electron chi connectivity index (χ3n) is 3.64. The van der Waals surface area contributed by atoms with Crippen molar-refractivity contribution in [1.82, 2.24) is 10.1 Å².